The summed E-state index contributed by atoms with van der Waals surface area (Å²) >= 11 is 1.66. The monoisotopic (exact) mass is 271 g/mol. The van der Waals surface area contributed by atoms with Crippen molar-refractivity contribution in [2.45, 2.75) is 24.8 Å². The highest BCUT2D eigenvalue weighted by Crippen LogP contribution is 2.32. The van der Waals surface area contributed by atoms with E-state index >= 15 is 0 Å². The molecule has 0 unspecified atom stereocenters. The van der Waals surface area contributed by atoms with Crippen molar-refractivity contribution in [2.24, 2.45) is 0 Å². The Kier molecular flexibility index (Phi) is 7.52. The summed E-state index contributed by atoms with van der Waals surface area (Å²) in [5, 5.41) is 4.12. The van der Waals surface area contributed by atoms with Crippen LogP contribution >= 0.6 is 11.8 Å². The third kappa shape index (κ3) is 4.70. The van der Waals surface area contributed by atoms with E-state index in [2.05, 4.69) is 22.2 Å². The molecule has 0 radical (unpaired) electrons. The van der Waals surface area contributed by atoms with Gasteiger partial charge in [-0.25, -0.2) is 9.97 Å². The highest BCUT2D eigenvalue weighted by atomic mass is 32.2. The molecular formula is C12H21N3O2S. The Morgan fingerprint density at radius 3 is 2.83 bits per heavy atom. The first-order valence-corrected chi connectivity index (χ1v) is 7.06. The van der Waals surface area contributed by atoms with Crippen LogP contribution in [0.1, 0.15) is 19.8 Å². The molecule has 0 aliphatic heterocycles. The number of aromatic nitrogens is 2. The summed E-state index contributed by atoms with van der Waals surface area (Å²) in [5.74, 6) is 2.45. The standard InChI is InChI=1S/C12H21N3O2S/c1-4-6-13-11-10(17-3)12(15-9-14-11)18-8-5-7-16-2/h9H,4-8H2,1-3H3,(H,13,14,15). The van der Waals surface area contributed by atoms with Crippen molar-refractivity contribution in [3.05, 3.63) is 6.33 Å². The molecule has 18 heavy (non-hydrogen) atoms. The Morgan fingerprint density at radius 2 is 2.17 bits per heavy atom. The van der Waals surface area contributed by atoms with Crippen LogP contribution in [0.15, 0.2) is 11.4 Å². The lowest BCUT2D eigenvalue weighted by molar-refractivity contribution is 0.200. The maximum atomic E-state index is 5.39. The molecule has 0 atom stereocenters. The maximum Gasteiger partial charge on any atom is 0.193 e. The second-order valence-corrected chi connectivity index (χ2v) is 4.77. The largest absolute Gasteiger partial charge is 0.490 e. The predicted molar refractivity (Wildman–Crippen MR) is 74.6 cm³/mol. The van der Waals surface area contributed by atoms with Gasteiger partial charge in [0.25, 0.3) is 0 Å². The third-order valence-electron chi connectivity index (χ3n) is 2.25. The molecule has 1 aromatic rings. The summed E-state index contributed by atoms with van der Waals surface area (Å²) in [7, 11) is 3.36. The molecule has 102 valence electrons. The van der Waals surface area contributed by atoms with Crippen LogP contribution in [-0.2, 0) is 4.74 Å². The van der Waals surface area contributed by atoms with Crippen LogP contribution in [0, 0.1) is 0 Å². The van der Waals surface area contributed by atoms with Crippen LogP contribution in [0.5, 0.6) is 5.75 Å². The average molecular weight is 271 g/mol. The minimum absolute atomic E-state index is 0.730. The van der Waals surface area contributed by atoms with Gasteiger partial charge in [0.1, 0.15) is 11.4 Å². The van der Waals surface area contributed by atoms with Crippen molar-refractivity contribution >= 4 is 17.6 Å². The number of hydrogen-bond acceptors (Lipinski definition) is 6. The van der Waals surface area contributed by atoms with E-state index in [0.29, 0.717) is 0 Å². The zero-order valence-corrected chi connectivity index (χ0v) is 12.0. The first-order chi connectivity index (χ1) is 8.83. The number of nitrogens with zero attached hydrogens (tertiary/aromatic N) is 2. The van der Waals surface area contributed by atoms with Gasteiger partial charge in [-0.05, 0) is 12.8 Å². The molecule has 0 saturated carbocycles. The average Bonchev–Trinajstić information content (AvgIpc) is 2.41. The fraction of sp³-hybridized carbons (Fsp3) is 0.667. The molecule has 0 amide bonds. The number of hydrogen-bond donors (Lipinski definition) is 1. The van der Waals surface area contributed by atoms with Crippen molar-refractivity contribution in [3.8, 4) is 5.75 Å². The summed E-state index contributed by atoms with van der Waals surface area (Å²) in [6, 6.07) is 0. The molecule has 1 heterocycles. The fourth-order valence-corrected chi connectivity index (χ4v) is 2.27. The van der Waals surface area contributed by atoms with Crippen molar-refractivity contribution < 1.29 is 9.47 Å². The number of anilines is 1. The highest BCUT2D eigenvalue weighted by molar-refractivity contribution is 7.99. The second kappa shape index (κ2) is 8.99. The van der Waals surface area contributed by atoms with E-state index in [-0.39, 0.29) is 0 Å². The van der Waals surface area contributed by atoms with Gasteiger partial charge in [-0.1, -0.05) is 6.92 Å². The Hall–Kier alpha value is -1.01. The van der Waals surface area contributed by atoms with Gasteiger partial charge in [0.2, 0.25) is 0 Å². The highest BCUT2D eigenvalue weighted by Gasteiger charge is 2.11. The minimum atomic E-state index is 0.730. The van der Waals surface area contributed by atoms with E-state index < -0.39 is 0 Å². The van der Waals surface area contributed by atoms with Gasteiger partial charge in [0.05, 0.1) is 7.11 Å². The van der Waals surface area contributed by atoms with Gasteiger partial charge < -0.3 is 14.8 Å². The summed E-state index contributed by atoms with van der Waals surface area (Å²) in [4.78, 5) is 8.47. The number of rotatable bonds is 9. The van der Waals surface area contributed by atoms with Crippen molar-refractivity contribution in [1.82, 2.24) is 9.97 Å². The SMILES string of the molecule is CCCNc1ncnc(SCCCOC)c1OC. The molecule has 1 rings (SSSR count). The molecule has 0 saturated heterocycles. The zero-order valence-electron chi connectivity index (χ0n) is 11.2. The summed E-state index contributed by atoms with van der Waals surface area (Å²) in [5.41, 5.74) is 0. The third-order valence-corrected chi connectivity index (χ3v) is 3.31. The van der Waals surface area contributed by atoms with E-state index in [0.717, 1.165) is 48.3 Å². The topological polar surface area (TPSA) is 56.3 Å². The molecule has 5 nitrogen and oxygen atoms in total. The molecule has 0 aliphatic rings. The fourth-order valence-electron chi connectivity index (χ4n) is 1.39. The normalized spacial score (nSPS) is 10.4. The van der Waals surface area contributed by atoms with Crippen molar-refractivity contribution in [1.29, 1.82) is 0 Å². The quantitative estimate of drug-likeness (QED) is 0.423. The van der Waals surface area contributed by atoms with Crippen LogP contribution in [0.25, 0.3) is 0 Å². The van der Waals surface area contributed by atoms with Gasteiger partial charge >= 0.3 is 0 Å². The Labute approximate surface area is 113 Å². The van der Waals surface area contributed by atoms with Gasteiger partial charge in [0.15, 0.2) is 11.6 Å². The summed E-state index contributed by atoms with van der Waals surface area (Å²) < 4.78 is 10.4. The van der Waals surface area contributed by atoms with Gasteiger partial charge in [-0.3, -0.25) is 0 Å². The molecule has 1 aromatic heterocycles. The van der Waals surface area contributed by atoms with Crippen LogP contribution in [0.4, 0.5) is 5.82 Å². The van der Waals surface area contributed by atoms with E-state index in [4.69, 9.17) is 9.47 Å². The number of nitrogens with one attached hydrogen (secondary N) is 1. The maximum absolute atomic E-state index is 5.39. The van der Waals surface area contributed by atoms with E-state index in [1.807, 2.05) is 0 Å². The van der Waals surface area contributed by atoms with E-state index in [1.165, 1.54) is 0 Å². The first kappa shape index (κ1) is 15.0. The zero-order chi connectivity index (χ0) is 13.2. The van der Waals surface area contributed by atoms with Crippen LogP contribution in [0.2, 0.25) is 0 Å². The molecule has 0 aliphatic carbocycles. The van der Waals surface area contributed by atoms with E-state index in [9.17, 15) is 0 Å². The molecule has 0 aromatic carbocycles. The Morgan fingerprint density at radius 1 is 1.33 bits per heavy atom. The minimum Gasteiger partial charge on any atom is -0.490 e. The van der Waals surface area contributed by atoms with Crippen molar-refractivity contribution in [3.63, 3.8) is 0 Å². The number of thioether (sulfide) groups is 1. The van der Waals surface area contributed by atoms with Gasteiger partial charge in [0, 0.05) is 26.0 Å². The number of ether oxygens (including phenoxy) is 2. The molecule has 1 N–H and O–H groups in total. The van der Waals surface area contributed by atoms with Crippen LogP contribution in [0.3, 0.4) is 0 Å². The van der Waals surface area contributed by atoms with Crippen molar-refractivity contribution in [2.75, 3.05) is 38.4 Å². The van der Waals surface area contributed by atoms with Crippen LogP contribution in [-0.4, -0.2) is 43.1 Å². The first-order valence-electron chi connectivity index (χ1n) is 6.08. The summed E-state index contributed by atoms with van der Waals surface area (Å²) in [6.07, 6.45) is 3.61. The molecule has 0 spiro atoms. The van der Waals surface area contributed by atoms with Gasteiger partial charge in [-0.2, -0.15) is 0 Å². The molecule has 6 heteroatoms. The molecule has 0 fully saturated rings. The Balaban J connectivity index is 2.65. The number of methoxy groups -OCH3 is 2. The molecule has 0 bridgehead atoms. The van der Waals surface area contributed by atoms with Crippen LogP contribution < -0.4 is 10.1 Å². The summed E-state index contributed by atoms with van der Waals surface area (Å²) in [6.45, 7) is 3.75. The second-order valence-electron chi connectivity index (χ2n) is 3.68. The predicted octanol–water partition coefficient (Wildman–Crippen LogP) is 2.44. The smallest absolute Gasteiger partial charge is 0.193 e. The lowest BCUT2D eigenvalue weighted by Crippen LogP contribution is -2.05. The molecular weight excluding hydrogens is 250 g/mol. The van der Waals surface area contributed by atoms with Gasteiger partial charge in [-0.15, -0.1) is 11.8 Å². The Bertz CT molecular complexity index is 350. The lowest BCUT2D eigenvalue weighted by Gasteiger charge is -2.12. The van der Waals surface area contributed by atoms with E-state index in [1.54, 1.807) is 32.3 Å². The lowest BCUT2D eigenvalue weighted by atomic mass is 10.4.